The molecule has 8 heteroatoms. The van der Waals surface area contributed by atoms with Crippen LogP contribution < -0.4 is 14.8 Å². The quantitative estimate of drug-likeness (QED) is 0.596. The predicted molar refractivity (Wildman–Crippen MR) is 108 cm³/mol. The van der Waals surface area contributed by atoms with Crippen molar-refractivity contribution in [3.63, 3.8) is 0 Å². The van der Waals surface area contributed by atoms with Crippen LogP contribution in [0.2, 0.25) is 0 Å². The van der Waals surface area contributed by atoms with E-state index in [1.807, 2.05) is 26.2 Å². The summed E-state index contributed by atoms with van der Waals surface area (Å²) in [5.74, 6) is 0.918. The van der Waals surface area contributed by atoms with E-state index in [-0.39, 0.29) is 12.0 Å². The van der Waals surface area contributed by atoms with Gasteiger partial charge in [0.2, 0.25) is 5.13 Å². The first-order chi connectivity index (χ1) is 13.0. The van der Waals surface area contributed by atoms with Gasteiger partial charge in [-0.25, -0.2) is 0 Å². The van der Waals surface area contributed by atoms with E-state index in [0.717, 1.165) is 11.4 Å². The maximum Gasteiger partial charge on any atom is 0.257 e. The molecule has 0 saturated carbocycles. The second-order valence-corrected chi connectivity index (χ2v) is 8.13. The van der Waals surface area contributed by atoms with Gasteiger partial charge in [-0.1, -0.05) is 11.3 Å². The number of nitrogens with one attached hydrogen (secondary N) is 1. The van der Waals surface area contributed by atoms with Crippen LogP contribution in [0.15, 0.2) is 35.0 Å². The highest BCUT2D eigenvalue weighted by Crippen LogP contribution is 2.25. The molecule has 3 rings (SSSR count). The molecular weight excluding hydrogens is 382 g/mol. The number of aromatic nitrogens is 2. The Balaban J connectivity index is 1.73. The summed E-state index contributed by atoms with van der Waals surface area (Å²) in [6, 6.07) is 7.30. The zero-order chi connectivity index (χ0) is 19.2. The molecule has 6 nitrogen and oxygen atoms in total. The molecular formula is C19H21N3O3S2. The minimum absolute atomic E-state index is 0.00669. The van der Waals surface area contributed by atoms with Crippen LogP contribution in [0.5, 0.6) is 11.5 Å². The van der Waals surface area contributed by atoms with Gasteiger partial charge in [0, 0.05) is 18.1 Å². The predicted octanol–water partition coefficient (Wildman–Crippen LogP) is 4.57. The van der Waals surface area contributed by atoms with E-state index >= 15 is 0 Å². The number of benzene rings is 1. The standard InChI is InChI=1S/C19H21N3O3S2/c1-12(2)25-17-9-15(18(23)20-19-22-21-13(3)27-19)8-16(10-17)24-6-4-14-5-7-26-11-14/h5,7-12H,4,6H2,1-3H3,(H,20,22,23). The number of amides is 1. The lowest BCUT2D eigenvalue weighted by atomic mass is 10.2. The Labute approximate surface area is 166 Å². The van der Waals surface area contributed by atoms with Crippen LogP contribution in [0.3, 0.4) is 0 Å². The Morgan fingerprint density at radius 3 is 2.70 bits per heavy atom. The van der Waals surface area contributed by atoms with E-state index in [0.29, 0.717) is 28.8 Å². The van der Waals surface area contributed by atoms with Crippen LogP contribution in [0, 0.1) is 6.92 Å². The fourth-order valence-electron chi connectivity index (χ4n) is 2.36. The first-order valence-electron chi connectivity index (χ1n) is 8.56. The van der Waals surface area contributed by atoms with E-state index in [2.05, 4.69) is 27.0 Å². The molecule has 2 aromatic heterocycles. The monoisotopic (exact) mass is 403 g/mol. The van der Waals surface area contributed by atoms with E-state index in [9.17, 15) is 4.79 Å². The van der Waals surface area contributed by atoms with Gasteiger partial charge in [-0.15, -0.1) is 10.2 Å². The maximum atomic E-state index is 12.6. The zero-order valence-corrected chi connectivity index (χ0v) is 17.0. The molecule has 1 amide bonds. The number of hydrogen-bond acceptors (Lipinski definition) is 7. The number of carbonyl (C=O) groups excluding carboxylic acids is 1. The number of hydrogen-bond donors (Lipinski definition) is 1. The van der Waals surface area contributed by atoms with Gasteiger partial charge in [0.15, 0.2) is 0 Å². The van der Waals surface area contributed by atoms with Crippen LogP contribution in [0.25, 0.3) is 0 Å². The highest BCUT2D eigenvalue weighted by molar-refractivity contribution is 7.15. The minimum Gasteiger partial charge on any atom is -0.493 e. The molecule has 3 aromatic rings. The van der Waals surface area contributed by atoms with Gasteiger partial charge in [0.1, 0.15) is 16.5 Å². The topological polar surface area (TPSA) is 73.3 Å². The van der Waals surface area contributed by atoms with Crippen LogP contribution in [0.1, 0.15) is 34.8 Å². The Morgan fingerprint density at radius 1 is 1.22 bits per heavy atom. The minimum atomic E-state index is -0.275. The van der Waals surface area contributed by atoms with Crippen LogP contribution in [-0.2, 0) is 6.42 Å². The highest BCUT2D eigenvalue weighted by atomic mass is 32.1. The van der Waals surface area contributed by atoms with Crippen LogP contribution in [0.4, 0.5) is 5.13 Å². The SMILES string of the molecule is Cc1nnc(NC(=O)c2cc(OCCc3ccsc3)cc(OC(C)C)c2)s1. The fraction of sp³-hybridized carbons (Fsp3) is 0.316. The molecule has 0 aliphatic heterocycles. The molecule has 2 heterocycles. The Hall–Kier alpha value is -2.45. The number of rotatable bonds is 8. The molecule has 27 heavy (non-hydrogen) atoms. The molecule has 0 bridgehead atoms. The first kappa shape index (κ1) is 19.3. The number of nitrogens with zero attached hydrogens (tertiary/aromatic N) is 2. The van der Waals surface area contributed by atoms with Crippen LogP contribution in [-0.4, -0.2) is 28.8 Å². The Bertz CT molecular complexity index is 892. The summed E-state index contributed by atoms with van der Waals surface area (Å²) >= 11 is 2.99. The van der Waals surface area contributed by atoms with Gasteiger partial charge >= 0.3 is 0 Å². The smallest absolute Gasteiger partial charge is 0.257 e. The van der Waals surface area contributed by atoms with E-state index in [4.69, 9.17) is 9.47 Å². The Kier molecular flexibility index (Phi) is 6.41. The van der Waals surface area contributed by atoms with E-state index < -0.39 is 0 Å². The number of aryl methyl sites for hydroxylation is 1. The van der Waals surface area contributed by atoms with Crippen molar-refractivity contribution in [2.45, 2.75) is 33.3 Å². The fourth-order valence-corrected chi connectivity index (χ4v) is 3.65. The summed E-state index contributed by atoms with van der Waals surface area (Å²) in [5.41, 5.74) is 1.69. The van der Waals surface area contributed by atoms with Crippen molar-refractivity contribution in [2.75, 3.05) is 11.9 Å². The second kappa shape index (κ2) is 8.96. The van der Waals surface area contributed by atoms with Crippen molar-refractivity contribution in [1.82, 2.24) is 10.2 Å². The van der Waals surface area contributed by atoms with Crippen molar-refractivity contribution >= 4 is 33.7 Å². The zero-order valence-electron chi connectivity index (χ0n) is 15.4. The van der Waals surface area contributed by atoms with Gasteiger partial charge < -0.3 is 9.47 Å². The summed E-state index contributed by atoms with van der Waals surface area (Å²) in [6.07, 6.45) is 0.803. The molecule has 0 aliphatic rings. The summed E-state index contributed by atoms with van der Waals surface area (Å²) in [4.78, 5) is 12.6. The molecule has 0 aliphatic carbocycles. The molecule has 0 atom stereocenters. The summed E-state index contributed by atoms with van der Waals surface area (Å²) in [5, 5.41) is 16.0. The summed E-state index contributed by atoms with van der Waals surface area (Å²) in [7, 11) is 0. The van der Waals surface area contributed by atoms with Crippen molar-refractivity contribution in [2.24, 2.45) is 0 Å². The number of carbonyl (C=O) groups is 1. The van der Waals surface area contributed by atoms with Crippen molar-refractivity contribution < 1.29 is 14.3 Å². The summed E-state index contributed by atoms with van der Waals surface area (Å²) < 4.78 is 11.6. The van der Waals surface area contributed by atoms with Gasteiger partial charge in [-0.2, -0.15) is 11.3 Å². The highest BCUT2D eigenvalue weighted by Gasteiger charge is 2.13. The Morgan fingerprint density at radius 2 is 2.04 bits per heavy atom. The first-order valence-corrected chi connectivity index (χ1v) is 10.3. The number of thiophene rings is 1. The lowest BCUT2D eigenvalue weighted by molar-refractivity contribution is 0.102. The van der Waals surface area contributed by atoms with Gasteiger partial charge in [0.05, 0.1) is 12.7 Å². The number of ether oxygens (including phenoxy) is 2. The third-order valence-electron chi connectivity index (χ3n) is 3.50. The molecule has 0 unspecified atom stereocenters. The van der Waals surface area contributed by atoms with Crippen LogP contribution >= 0.6 is 22.7 Å². The molecule has 142 valence electrons. The van der Waals surface area contributed by atoms with Gasteiger partial charge in [-0.05, 0) is 55.3 Å². The van der Waals surface area contributed by atoms with Gasteiger partial charge in [0.25, 0.3) is 5.91 Å². The molecule has 0 spiro atoms. The lowest BCUT2D eigenvalue weighted by Gasteiger charge is -2.14. The molecule has 0 radical (unpaired) electrons. The summed E-state index contributed by atoms with van der Waals surface area (Å²) in [6.45, 7) is 6.24. The van der Waals surface area contributed by atoms with Crippen molar-refractivity contribution in [3.05, 3.63) is 51.2 Å². The number of anilines is 1. The molecule has 1 N–H and O–H groups in total. The van der Waals surface area contributed by atoms with E-state index in [1.165, 1.54) is 16.9 Å². The average molecular weight is 404 g/mol. The van der Waals surface area contributed by atoms with E-state index in [1.54, 1.807) is 29.5 Å². The third-order valence-corrected chi connectivity index (χ3v) is 4.99. The second-order valence-electron chi connectivity index (χ2n) is 6.17. The van der Waals surface area contributed by atoms with Gasteiger partial charge in [-0.3, -0.25) is 10.1 Å². The largest absolute Gasteiger partial charge is 0.493 e. The maximum absolute atomic E-state index is 12.6. The molecule has 0 fully saturated rings. The third kappa shape index (κ3) is 5.77. The molecule has 0 saturated heterocycles. The average Bonchev–Trinajstić information content (AvgIpc) is 3.26. The van der Waals surface area contributed by atoms with Crippen molar-refractivity contribution in [3.8, 4) is 11.5 Å². The molecule has 1 aromatic carbocycles. The lowest BCUT2D eigenvalue weighted by Crippen LogP contribution is -2.13. The normalized spacial score (nSPS) is 10.8. The van der Waals surface area contributed by atoms with Crippen molar-refractivity contribution in [1.29, 1.82) is 0 Å².